The molecular formula is C23H17IrN2O4S-. The van der Waals surface area contributed by atoms with E-state index >= 15 is 0 Å². The second-order valence-electron chi connectivity index (χ2n) is 6.93. The van der Waals surface area contributed by atoms with Gasteiger partial charge in [0.1, 0.15) is 0 Å². The van der Waals surface area contributed by atoms with Crippen LogP contribution in [0.5, 0.6) is 0 Å². The third-order valence-electron chi connectivity index (χ3n) is 4.57. The fourth-order valence-electron chi connectivity index (χ4n) is 3.49. The van der Waals surface area contributed by atoms with Crippen LogP contribution in [0.3, 0.4) is 0 Å². The Balaban J connectivity index is 0.000000299. The van der Waals surface area contributed by atoms with Gasteiger partial charge in [0, 0.05) is 31.5 Å². The molecule has 0 fully saturated rings. The summed E-state index contributed by atoms with van der Waals surface area (Å²) in [7, 11) is -3.81. The number of benzene rings is 4. The molecule has 4 aromatic carbocycles. The molecule has 4 aromatic rings. The van der Waals surface area contributed by atoms with Gasteiger partial charge in [-0.1, -0.05) is 41.1 Å². The van der Waals surface area contributed by atoms with Gasteiger partial charge in [0.25, 0.3) is 0 Å². The van der Waals surface area contributed by atoms with Crippen molar-refractivity contribution in [3.63, 3.8) is 0 Å². The molecule has 0 unspecified atom stereocenters. The Morgan fingerprint density at radius 1 is 0.935 bits per heavy atom. The van der Waals surface area contributed by atoms with Crippen LogP contribution in [0.15, 0.2) is 75.2 Å². The van der Waals surface area contributed by atoms with Crippen molar-refractivity contribution in [1.82, 2.24) is 0 Å². The summed E-state index contributed by atoms with van der Waals surface area (Å²) in [5.74, 6) is -0.0625. The van der Waals surface area contributed by atoms with E-state index in [1.807, 2.05) is 42.5 Å². The van der Waals surface area contributed by atoms with Crippen LogP contribution in [0, 0.1) is 6.07 Å². The van der Waals surface area contributed by atoms with Crippen molar-refractivity contribution in [1.29, 1.82) is 0 Å². The Morgan fingerprint density at radius 2 is 1.55 bits per heavy atom. The number of ketones is 1. The molecule has 0 bridgehead atoms. The molecule has 5 rings (SSSR count). The molecule has 1 heterocycles. The molecule has 0 aromatic heterocycles. The van der Waals surface area contributed by atoms with Gasteiger partial charge in [-0.2, -0.15) is 17.2 Å². The molecule has 0 spiro atoms. The van der Waals surface area contributed by atoms with Gasteiger partial charge in [0.05, 0.1) is 11.1 Å². The second kappa shape index (κ2) is 8.67. The van der Waals surface area contributed by atoms with Crippen molar-refractivity contribution < 1.29 is 38.4 Å². The predicted molar refractivity (Wildman–Crippen MR) is 116 cm³/mol. The minimum atomic E-state index is -3.81. The van der Waals surface area contributed by atoms with Gasteiger partial charge in [-0.3, -0.25) is 4.79 Å². The topological polar surface area (TPSA) is 96.2 Å². The van der Waals surface area contributed by atoms with Crippen molar-refractivity contribution in [2.24, 2.45) is 8.80 Å². The molecule has 0 atom stereocenters. The van der Waals surface area contributed by atoms with E-state index in [-0.39, 0.29) is 31.6 Å². The normalized spacial score (nSPS) is 14.1. The third kappa shape index (κ3) is 4.56. The van der Waals surface area contributed by atoms with Crippen LogP contribution < -0.4 is 10.7 Å². The van der Waals surface area contributed by atoms with E-state index < -0.39 is 10.2 Å². The fourth-order valence-corrected chi connectivity index (χ4v) is 4.35. The van der Waals surface area contributed by atoms with Crippen molar-refractivity contribution >= 4 is 48.3 Å². The van der Waals surface area contributed by atoms with E-state index in [0.29, 0.717) is 16.1 Å². The largest absolute Gasteiger partial charge is 0.512 e. The maximum atomic E-state index is 11.9. The number of carbonyl (C=O) groups is 1. The van der Waals surface area contributed by atoms with Crippen molar-refractivity contribution in [3.05, 3.63) is 83.2 Å². The summed E-state index contributed by atoms with van der Waals surface area (Å²) in [4.78, 5) is 10.0. The summed E-state index contributed by atoms with van der Waals surface area (Å²) in [5, 5.41) is 14.7. The molecule has 8 heteroatoms. The Hall–Kier alpha value is -2.93. The van der Waals surface area contributed by atoms with Gasteiger partial charge >= 0.3 is 10.2 Å². The third-order valence-corrected chi connectivity index (χ3v) is 5.40. The number of allylic oxidation sites excluding steroid dienone is 2. The maximum Gasteiger partial charge on any atom is 0.354 e. The molecule has 0 aliphatic carbocycles. The minimum absolute atomic E-state index is 0. The molecular weight excluding hydrogens is 593 g/mol. The first kappa shape index (κ1) is 22.7. The quantitative estimate of drug-likeness (QED) is 0.118. The number of hydrogen-bond acceptors (Lipinski definition) is 4. The monoisotopic (exact) mass is 610 g/mol. The first-order chi connectivity index (χ1) is 14.2. The SMILES string of the molecule is CC(=O)/C=C(/C)O.O=S1(=O)N=c2c(c3cc4ccccc4cc3c3ccc[c-]c23)=N1.[Ir]. The number of carbonyl (C=O) groups excluding carboxylic acids is 1. The molecule has 159 valence electrons. The Labute approximate surface area is 192 Å². The Kier molecular flexibility index (Phi) is 6.36. The van der Waals surface area contributed by atoms with Crippen LogP contribution in [0.2, 0.25) is 0 Å². The molecule has 1 radical (unpaired) electrons. The van der Waals surface area contributed by atoms with Gasteiger partial charge in [-0.05, 0) is 36.1 Å². The number of aliphatic hydroxyl groups is 1. The van der Waals surface area contributed by atoms with Crippen molar-refractivity contribution in [2.75, 3.05) is 0 Å². The predicted octanol–water partition coefficient (Wildman–Crippen LogP) is 3.48. The van der Waals surface area contributed by atoms with E-state index in [1.165, 1.54) is 19.9 Å². The van der Waals surface area contributed by atoms with Gasteiger partial charge in [-0.15, -0.1) is 29.7 Å². The molecule has 0 amide bonds. The average Bonchev–Trinajstić information content (AvgIpc) is 3.02. The van der Waals surface area contributed by atoms with Gasteiger partial charge < -0.3 is 5.11 Å². The summed E-state index contributed by atoms with van der Waals surface area (Å²) in [6.45, 7) is 2.85. The summed E-state index contributed by atoms with van der Waals surface area (Å²) >= 11 is 0. The number of aliphatic hydroxyl groups excluding tert-OH is 1. The van der Waals surface area contributed by atoms with Gasteiger partial charge in [0.2, 0.25) is 0 Å². The average molecular weight is 610 g/mol. The van der Waals surface area contributed by atoms with Crippen LogP contribution in [-0.2, 0) is 35.1 Å². The summed E-state index contributed by atoms with van der Waals surface area (Å²) in [5.41, 5.74) is 0. The molecule has 0 saturated carbocycles. The van der Waals surface area contributed by atoms with Gasteiger partial charge in [0.15, 0.2) is 5.78 Å². The molecule has 1 aliphatic rings. The zero-order valence-corrected chi connectivity index (χ0v) is 19.8. The zero-order chi connectivity index (χ0) is 21.5. The Morgan fingerprint density at radius 3 is 2.13 bits per heavy atom. The number of rotatable bonds is 1. The number of nitrogens with zero attached hydrogens (tertiary/aromatic N) is 2. The minimum Gasteiger partial charge on any atom is -0.512 e. The molecule has 6 nitrogen and oxygen atoms in total. The van der Waals surface area contributed by atoms with Crippen molar-refractivity contribution in [3.8, 4) is 0 Å². The van der Waals surface area contributed by atoms with Crippen molar-refractivity contribution in [2.45, 2.75) is 13.8 Å². The van der Waals surface area contributed by atoms with Crippen LogP contribution in [0.1, 0.15) is 13.8 Å². The molecule has 1 aliphatic heterocycles. The smallest absolute Gasteiger partial charge is 0.354 e. The molecule has 31 heavy (non-hydrogen) atoms. The zero-order valence-electron chi connectivity index (χ0n) is 16.6. The second-order valence-corrected chi connectivity index (χ2v) is 8.19. The van der Waals surface area contributed by atoms with E-state index in [1.54, 1.807) is 6.07 Å². The summed E-state index contributed by atoms with van der Waals surface area (Å²) in [6, 6.07) is 20.8. The van der Waals surface area contributed by atoms with Gasteiger partial charge in [-0.25, -0.2) is 0 Å². The van der Waals surface area contributed by atoms with Crippen LogP contribution in [0.25, 0.3) is 32.3 Å². The number of hydrogen-bond donors (Lipinski definition) is 1. The Bertz CT molecular complexity index is 1610. The van der Waals surface area contributed by atoms with Crippen LogP contribution >= 0.6 is 0 Å². The first-order valence-electron chi connectivity index (χ1n) is 9.13. The summed E-state index contributed by atoms with van der Waals surface area (Å²) in [6.07, 6.45) is 1.17. The van der Waals surface area contributed by atoms with E-state index in [4.69, 9.17) is 5.11 Å². The standard InChI is InChI=1S/C18H9N2O2S.C5H8O2.Ir/c21-23(22)19-17-14-8-4-3-7-13(14)15-9-11-5-1-2-6-12(11)10-16(15)18(17)20-23;1-4(6)3-5(2)7;/h1-7,9-10H;3,6H,1-2H3;/q-1;;/b;4-3-;. The van der Waals surface area contributed by atoms with E-state index in [2.05, 4.69) is 20.9 Å². The summed E-state index contributed by atoms with van der Waals surface area (Å²) < 4.78 is 31.5. The van der Waals surface area contributed by atoms with E-state index in [0.717, 1.165) is 26.9 Å². The van der Waals surface area contributed by atoms with E-state index in [9.17, 15) is 13.2 Å². The molecule has 0 saturated heterocycles. The maximum absolute atomic E-state index is 11.9. The van der Waals surface area contributed by atoms with Crippen LogP contribution in [-0.4, -0.2) is 19.3 Å². The van der Waals surface area contributed by atoms with Crippen LogP contribution in [0.4, 0.5) is 0 Å². The first-order valence-corrected chi connectivity index (χ1v) is 10.5. The molecule has 1 N–H and O–H groups in total. The fraction of sp³-hybridized carbons (Fsp3) is 0.0870. The number of fused-ring (bicyclic) bond motifs is 7.